The summed E-state index contributed by atoms with van der Waals surface area (Å²) in [5.41, 5.74) is 2.10. The van der Waals surface area contributed by atoms with Crippen LogP contribution in [0.2, 0.25) is 5.32 Å². The molecule has 0 amide bonds. The topological polar surface area (TPSA) is 89.3 Å². The summed E-state index contributed by atoms with van der Waals surface area (Å²) in [7, 11) is -3.65. The number of nitro benzene ring substituents is 1. The van der Waals surface area contributed by atoms with Crippen molar-refractivity contribution in [1.29, 1.82) is 0 Å². The van der Waals surface area contributed by atoms with Gasteiger partial charge in [-0.25, -0.2) is 0 Å². The van der Waals surface area contributed by atoms with E-state index in [0.29, 0.717) is 11.7 Å². The van der Waals surface area contributed by atoms with Gasteiger partial charge < -0.3 is 0 Å². The van der Waals surface area contributed by atoms with Crippen molar-refractivity contribution in [1.82, 2.24) is 4.72 Å². The Morgan fingerprint density at radius 1 is 0.967 bits per heavy atom. The normalized spacial score (nSPS) is 12.4. The summed E-state index contributed by atoms with van der Waals surface area (Å²) in [6.45, 7) is 1.91. The van der Waals surface area contributed by atoms with Crippen LogP contribution in [0.15, 0.2) is 83.8 Å². The van der Waals surface area contributed by atoms with Crippen LogP contribution in [0, 0.1) is 17.0 Å². The van der Waals surface area contributed by atoms with E-state index in [1.165, 1.54) is 12.1 Å². The molecule has 1 N–H and O–H groups in total. The van der Waals surface area contributed by atoms with Crippen LogP contribution in [0.25, 0.3) is 0 Å². The van der Waals surface area contributed by atoms with Gasteiger partial charge in [0, 0.05) is 0 Å². The van der Waals surface area contributed by atoms with Gasteiger partial charge in [-0.15, -0.1) is 0 Å². The Labute approximate surface area is 182 Å². The van der Waals surface area contributed by atoms with Gasteiger partial charge in [-0.1, -0.05) is 0 Å². The van der Waals surface area contributed by atoms with Crippen LogP contribution in [-0.2, 0) is 16.4 Å². The van der Waals surface area contributed by atoms with E-state index in [2.05, 4.69) is 4.72 Å². The molecule has 3 aromatic carbocycles. The Morgan fingerprint density at radius 2 is 1.60 bits per heavy atom. The summed E-state index contributed by atoms with van der Waals surface area (Å²) in [5.74, 6) is 0. The van der Waals surface area contributed by atoms with Crippen molar-refractivity contribution in [2.45, 2.75) is 29.6 Å². The molecule has 0 fully saturated rings. The number of sulfonamides is 1. The van der Waals surface area contributed by atoms with Gasteiger partial charge >= 0.3 is 183 Å². The van der Waals surface area contributed by atoms with E-state index in [9.17, 15) is 18.5 Å². The maximum absolute atomic E-state index is 12.9. The molecule has 0 bridgehead atoms. The third-order valence-electron chi connectivity index (χ3n) is 4.48. The van der Waals surface area contributed by atoms with Crippen molar-refractivity contribution in [3.63, 3.8) is 0 Å². The van der Waals surface area contributed by atoms with Gasteiger partial charge in [-0.3, -0.25) is 0 Å². The monoisotopic (exact) mass is 490 g/mol. The van der Waals surface area contributed by atoms with Crippen LogP contribution in [0.5, 0.6) is 0 Å². The first-order valence-corrected chi connectivity index (χ1v) is 12.9. The summed E-state index contributed by atoms with van der Waals surface area (Å²) in [4.78, 5) is 10.6. The van der Waals surface area contributed by atoms with Gasteiger partial charge in [0.2, 0.25) is 0 Å². The van der Waals surface area contributed by atoms with Crippen LogP contribution < -0.4 is 9.18 Å². The molecule has 3 aromatic rings. The van der Waals surface area contributed by atoms with Gasteiger partial charge in [-0.05, 0) is 0 Å². The van der Waals surface area contributed by atoms with E-state index in [-0.39, 0.29) is 31.6 Å². The zero-order valence-corrected chi connectivity index (χ0v) is 18.9. The molecule has 0 radical (unpaired) electrons. The Balaban J connectivity index is 1.75. The molecule has 0 saturated carbocycles. The van der Waals surface area contributed by atoms with Gasteiger partial charge in [0.1, 0.15) is 0 Å². The van der Waals surface area contributed by atoms with Crippen LogP contribution >= 0.6 is 0 Å². The van der Waals surface area contributed by atoms with E-state index in [4.69, 9.17) is 0 Å². The fourth-order valence-electron chi connectivity index (χ4n) is 2.90. The van der Waals surface area contributed by atoms with Crippen molar-refractivity contribution >= 4 is 35.1 Å². The van der Waals surface area contributed by atoms with E-state index in [1.54, 1.807) is 36.4 Å². The average molecular weight is 489 g/mol. The molecule has 0 heterocycles. The fraction of sp³-hybridized carbons (Fsp3) is 0.182. The predicted octanol–water partition coefficient (Wildman–Crippen LogP) is 3.24. The van der Waals surface area contributed by atoms with Gasteiger partial charge in [-0.2, -0.15) is 0 Å². The number of nitrogens with zero attached hydrogens (tertiary/aromatic N) is 1. The van der Waals surface area contributed by atoms with Gasteiger partial charge in [0.25, 0.3) is 0 Å². The van der Waals surface area contributed by atoms with Crippen molar-refractivity contribution in [3.05, 3.63) is 100 Å². The van der Waals surface area contributed by atoms with Crippen molar-refractivity contribution in [2.75, 3.05) is 0 Å². The molecule has 0 aliphatic carbocycles. The molecule has 0 aromatic heterocycles. The Bertz CT molecular complexity index is 1090. The molecule has 0 saturated heterocycles. The van der Waals surface area contributed by atoms with Crippen molar-refractivity contribution in [2.24, 2.45) is 0 Å². The third kappa shape index (κ3) is 6.24. The number of nitrogens with one attached hydrogen (secondary N) is 1. The van der Waals surface area contributed by atoms with Crippen LogP contribution in [-0.4, -0.2) is 34.3 Å². The number of non-ortho nitro benzene ring substituents is 1. The molecule has 0 spiro atoms. The molecule has 6 nitrogen and oxygen atoms in total. The zero-order chi connectivity index (χ0) is 21.6. The molecular weight excluding hydrogens is 467 g/mol. The van der Waals surface area contributed by atoms with Gasteiger partial charge in [0.05, 0.1) is 0 Å². The molecule has 8 heteroatoms. The first-order valence-electron chi connectivity index (χ1n) is 9.34. The first-order chi connectivity index (χ1) is 14.3. The molecule has 3 rings (SSSR count). The minimum absolute atomic E-state index is 0.0373. The summed E-state index contributed by atoms with van der Waals surface area (Å²) in [6.07, 6.45) is 0.570. The number of hydrogen-bond donors (Lipinski definition) is 1. The maximum atomic E-state index is 12.9. The molecule has 0 aliphatic rings. The Hall–Kier alpha value is -2.51. The summed E-state index contributed by atoms with van der Waals surface area (Å²) >= 11 is -0.0373. The Kier molecular flexibility index (Phi) is 7.39. The number of aryl methyl sites for hydroxylation is 1. The average Bonchev–Trinajstić information content (AvgIpc) is 2.73. The first kappa shape index (κ1) is 22.2. The summed E-state index contributed by atoms with van der Waals surface area (Å²) in [5, 5.41) is 11.5. The number of benzene rings is 3. The van der Waals surface area contributed by atoms with E-state index in [1.807, 2.05) is 37.3 Å². The quantitative estimate of drug-likeness (QED) is 0.284. The fourth-order valence-corrected chi connectivity index (χ4v) is 6.31. The second-order valence-electron chi connectivity index (χ2n) is 6.88. The summed E-state index contributed by atoms with van der Waals surface area (Å²) in [6, 6.07) is 22.7. The second-order valence-corrected chi connectivity index (χ2v) is 10.9. The van der Waals surface area contributed by atoms with Crippen LogP contribution in [0.1, 0.15) is 11.1 Å². The molecular formula is C22H22N2O4SSe. The summed E-state index contributed by atoms with van der Waals surface area (Å²) < 4.78 is 29.6. The molecule has 156 valence electrons. The number of hydrogen-bond acceptors (Lipinski definition) is 4. The predicted molar refractivity (Wildman–Crippen MR) is 119 cm³/mol. The van der Waals surface area contributed by atoms with Gasteiger partial charge in [0.15, 0.2) is 0 Å². The van der Waals surface area contributed by atoms with Crippen molar-refractivity contribution < 1.29 is 13.3 Å². The van der Waals surface area contributed by atoms with E-state index < -0.39 is 14.9 Å². The second kappa shape index (κ2) is 10.00. The SMILES string of the molecule is Cc1ccc(S(=O)(=O)N[C@H](C[Se]c2ccc([N+](=O)[O-])cc2)Cc2ccccc2)cc1. The molecule has 30 heavy (non-hydrogen) atoms. The van der Waals surface area contributed by atoms with Crippen LogP contribution in [0.4, 0.5) is 5.69 Å². The minimum atomic E-state index is -3.65. The number of nitro groups is 1. The standard InChI is InChI=1S/C22H22N2O4SSe/c1-17-7-11-21(12-8-17)29(27,28)23-19(15-18-5-3-2-4-6-18)16-30-22-13-9-20(10-14-22)24(25)26/h2-14,19,23H,15-16H2,1H3/t19-/m0/s1. The van der Waals surface area contributed by atoms with E-state index >= 15 is 0 Å². The van der Waals surface area contributed by atoms with Crippen LogP contribution in [0.3, 0.4) is 0 Å². The molecule has 0 aliphatic heterocycles. The van der Waals surface area contributed by atoms with Crippen molar-refractivity contribution in [3.8, 4) is 0 Å². The molecule has 1 atom stereocenters. The zero-order valence-electron chi connectivity index (χ0n) is 16.4. The molecule has 0 unspecified atom stereocenters. The Morgan fingerprint density at radius 3 is 2.20 bits per heavy atom. The number of rotatable bonds is 9. The van der Waals surface area contributed by atoms with E-state index in [0.717, 1.165) is 15.6 Å². The third-order valence-corrected chi connectivity index (χ3v) is 8.48.